The lowest BCUT2D eigenvalue weighted by atomic mass is 9.74. The van der Waals surface area contributed by atoms with Crippen LogP contribution in [0.1, 0.15) is 18.4 Å². The Morgan fingerprint density at radius 3 is 2.62 bits per heavy atom. The van der Waals surface area contributed by atoms with Gasteiger partial charge in [0.2, 0.25) is 5.91 Å². The molecule has 2 heterocycles. The van der Waals surface area contributed by atoms with E-state index in [1.54, 1.807) is 13.2 Å². The van der Waals surface area contributed by atoms with Crippen LogP contribution < -0.4 is 10.1 Å². The summed E-state index contributed by atoms with van der Waals surface area (Å²) in [7, 11) is 3.73. The first kappa shape index (κ1) is 24.6. The van der Waals surface area contributed by atoms with Crippen LogP contribution in [-0.2, 0) is 16.0 Å². The zero-order chi connectivity index (χ0) is 24.0. The number of amides is 1. The molecule has 2 aliphatic heterocycles. The number of benzene rings is 2. The fourth-order valence-corrected chi connectivity index (χ4v) is 4.98. The summed E-state index contributed by atoms with van der Waals surface area (Å²) in [5.74, 6) is 0.432. The lowest BCUT2D eigenvalue weighted by Crippen LogP contribution is -2.50. The van der Waals surface area contributed by atoms with E-state index in [1.807, 2.05) is 24.3 Å². The number of methoxy groups -OCH3 is 1. The molecule has 4 rings (SSSR count). The summed E-state index contributed by atoms with van der Waals surface area (Å²) in [5.41, 5.74) is 2.15. The second-order valence-electron chi connectivity index (χ2n) is 9.52. The highest BCUT2D eigenvalue weighted by Gasteiger charge is 2.40. The van der Waals surface area contributed by atoms with Crippen LogP contribution >= 0.6 is 0 Å². The highest BCUT2D eigenvalue weighted by molar-refractivity contribution is 5.83. The molecule has 1 N–H and O–H groups in total. The monoisotopic (exact) mass is 469 g/mol. The number of rotatable bonds is 8. The Balaban J connectivity index is 1.46. The normalized spacial score (nSPS) is 19.0. The van der Waals surface area contributed by atoms with E-state index in [0.29, 0.717) is 50.3 Å². The second kappa shape index (κ2) is 11.3. The Kier molecular flexibility index (Phi) is 8.19. The Hall–Kier alpha value is -2.48. The zero-order valence-corrected chi connectivity index (χ0v) is 20.3. The third kappa shape index (κ3) is 5.95. The molecule has 7 heteroatoms. The summed E-state index contributed by atoms with van der Waals surface area (Å²) in [4.78, 5) is 18.2. The van der Waals surface area contributed by atoms with Crippen molar-refractivity contribution in [3.63, 3.8) is 0 Å². The molecule has 0 aliphatic carbocycles. The van der Waals surface area contributed by atoms with Gasteiger partial charge in [0, 0.05) is 58.0 Å². The fraction of sp³-hybridized carbons (Fsp3) is 0.519. The lowest BCUT2D eigenvalue weighted by Gasteiger charge is -2.37. The molecule has 0 bridgehead atoms. The number of likely N-dealkylation sites (N-methyl/N-ethyl adjacent to an activating group) is 1. The van der Waals surface area contributed by atoms with Gasteiger partial charge in [0.25, 0.3) is 0 Å². The number of halogens is 1. The summed E-state index contributed by atoms with van der Waals surface area (Å²) < 4.78 is 25.0. The molecule has 2 aromatic rings. The Morgan fingerprint density at radius 2 is 1.88 bits per heavy atom. The van der Waals surface area contributed by atoms with E-state index in [2.05, 4.69) is 22.2 Å². The van der Waals surface area contributed by atoms with Crippen LogP contribution in [0.4, 0.5) is 4.39 Å². The summed E-state index contributed by atoms with van der Waals surface area (Å²) >= 11 is 0. The SMILES string of the molecule is COc1ccc(F)cc1-c1cccc(CC2(C(=O)NCCN3CCN(C)CC3)CCOCC2)c1. The number of piperazine rings is 1. The van der Waals surface area contributed by atoms with Gasteiger partial charge in [-0.15, -0.1) is 0 Å². The molecule has 0 saturated carbocycles. The van der Waals surface area contributed by atoms with Gasteiger partial charge in [-0.05, 0) is 55.6 Å². The van der Waals surface area contributed by atoms with Gasteiger partial charge in [-0.25, -0.2) is 4.39 Å². The van der Waals surface area contributed by atoms with Crippen molar-refractivity contribution in [2.75, 3.05) is 66.6 Å². The highest BCUT2D eigenvalue weighted by atomic mass is 19.1. The minimum absolute atomic E-state index is 0.110. The van der Waals surface area contributed by atoms with Crippen molar-refractivity contribution in [3.05, 3.63) is 53.8 Å². The number of hydrogen-bond donors (Lipinski definition) is 1. The van der Waals surface area contributed by atoms with Crippen LogP contribution in [0.25, 0.3) is 11.1 Å². The molecule has 0 unspecified atom stereocenters. The molecule has 0 atom stereocenters. The third-order valence-corrected chi connectivity index (χ3v) is 7.18. The highest BCUT2D eigenvalue weighted by Crippen LogP contribution is 2.37. The first-order valence-corrected chi connectivity index (χ1v) is 12.2. The van der Waals surface area contributed by atoms with E-state index in [0.717, 1.165) is 43.9 Å². The maximum absolute atomic E-state index is 14.0. The summed E-state index contributed by atoms with van der Waals surface area (Å²) in [5, 5.41) is 3.22. The van der Waals surface area contributed by atoms with Gasteiger partial charge in [0.1, 0.15) is 11.6 Å². The fourth-order valence-electron chi connectivity index (χ4n) is 4.98. The molecule has 2 aromatic carbocycles. The van der Waals surface area contributed by atoms with Gasteiger partial charge >= 0.3 is 0 Å². The van der Waals surface area contributed by atoms with Gasteiger partial charge in [0.15, 0.2) is 0 Å². The molecule has 2 saturated heterocycles. The number of ether oxygens (including phenoxy) is 2. The van der Waals surface area contributed by atoms with Gasteiger partial charge in [-0.1, -0.05) is 24.3 Å². The van der Waals surface area contributed by atoms with Crippen molar-refractivity contribution in [2.45, 2.75) is 19.3 Å². The minimum atomic E-state index is -0.495. The van der Waals surface area contributed by atoms with Crippen molar-refractivity contribution < 1.29 is 18.7 Å². The van der Waals surface area contributed by atoms with Crippen molar-refractivity contribution in [3.8, 4) is 16.9 Å². The smallest absolute Gasteiger partial charge is 0.226 e. The predicted molar refractivity (Wildman–Crippen MR) is 132 cm³/mol. The molecule has 2 fully saturated rings. The molecule has 1 amide bonds. The maximum Gasteiger partial charge on any atom is 0.226 e. The van der Waals surface area contributed by atoms with Gasteiger partial charge < -0.3 is 19.7 Å². The second-order valence-corrected chi connectivity index (χ2v) is 9.52. The molecular weight excluding hydrogens is 433 g/mol. The molecular formula is C27H36FN3O3. The number of hydrogen-bond acceptors (Lipinski definition) is 5. The predicted octanol–water partition coefficient (Wildman–Crippen LogP) is 3.20. The van der Waals surface area contributed by atoms with Crippen LogP contribution in [0, 0.1) is 11.2 Å². The maximum atomic E-state index is 14.0. The quantitative estimate of drug-likeness (QED) is 0.644. The summed E-state index contributed by atoms with van der Waals surface area (Å²) in [6, 6.07) is 12.5. The van der Waals surface area contributed by atoms with E-state index in [4.69, 9.17) is 9.47 Å². The molecule has 0 aromatic heterocycles. The summed E-state index contributed by atoms with van der Waals surface area (Å²) in [6.45, 7) is 6.94. The summed E-state index contributed by atoms with van der Waals surface area (Å²) in [6.07, 6.45) is 2.02. The first-order valence-electron chi connectivity index (χ1n) is 12.2. The van der Waals surface area contributed by atoms with Crippen LogP contribution in [-0.4, -0.2) is 82.3 Å². The van der Waals surface area contributed by atoms with Crippen LogP contribution in [0.5, 0.6) is 5.75 Å². The van der Waals surface area contributed by atoms with E-state index in [1.165, 1.54) is 12.1 Å². The van der Waals surface area contributed by atoms with E-state index in [9.17, 15) is 9.18 Å². The van der Waals surface area contributed by atoms with Crippen molar-refractivity contribution in [2.24, 2.45) is 5.41 Å². The number of carbonyl (C=O) groups excluding carboxylic acids is 1. The number of nitrogens with zero attached hydrogens (tertiary/aromatic N) is 2. The Morgan fingerprint density at radius 1 is 1.12 bits per heavy atom. The topological polar surface area (TPSA) is 54.0 Å². The van der Waals surface area contributed by atoms with Gasteiger partial charge in [-0.2, -0.15) is 0 Å². The largest absolute Gasteiger partial charge is 0.496 e. The van der Waals surface area contributed by atoms with Crippen molar-refractivity contribution in [1.29, 1.82) is 0 Å². The van der Waals surface area contributed by atoms with Crippen molar-refractivity contribution in [1.82, 2.24) is 15.1 Å². The molecule has 2 aliphatic rings. The van der Waals surface area contributed by atoms with E-state index >= 15 is 0 Å². The molecule has 34 heavy (non-hydrogen) atoms. The van der Waals surface area contributed by atoms with Crippen molar-refractivity contribution >= 4 is 5.91 Å². The van der Waals surface area contributed by atoms with Gasteiger partial charge in [-0.3, -0.25) is 9.69 Å². The van der Waals surface area contributed by atoms with E-state index in [-0.39, 0.29) is 11.7 Å². The average molecular weight is 470 g/mol. The Bertz CT molecular complexity index is 969. The van der Waals surface area contributed by atoms with E-state index < -0.39 is 5.41 Å². The zero-order valence-electron chi connectivity index (χ0n) is 20.3. The molecule has 0 spiro atoms. The standard InChI is InChI=1S/C27H36FN3O3/c1-30-12-14-31(15-13-30)11-10-29-26(32)27(8-16-34-17-9-27)20-21-4-3-5-22(18-21)24-19-23(28)6-7-25(24)33-2/h3-7,18-19H,8-17,20H2,1-2H3,(H,29,32). The Labute approximate surface area is 202 Å². The average Bonchev–Trinajstić information content (AvgIpc) is 2.86. The van der Waals surface area contributed by atoms with Gasteiger partial charge in [0.05, 0.1) is 12.5 Å². The van der Waals surface area contributed by atoms with Crippen LogP contribution in [0.2, 0.25) is 0 Å². The molecule has 0 radical (unpaired) electrons. The lowest BCUT2D eigenvalue weighted by molar-refractivity contribution is -0.136. The van der Waals surface area contributed by atoms with Crippen LogP contribution in [0.3, 0.4) is 0 Å². The molecule has 6 nitrogen and oxygen atoms in total. The number of carbonyl (C=O) groups is 1. The minimum Gasteiger partial charge on any atom is -0.496 e. The molecule has 184 valence electrons. The number of nitrogens with one attached hydrogen (secondary N) is 1. The third-order valence-electron chi connectivity index (χ3n) is 7.18. The first-order chi connectivity index (χ1) is 16.5. The van der Waals surface area contributed by atoms with Crippen LogP contribution in [0.15, 0.2) is 42.5 Å².